The van der Waals surface area contributed by atoms with E-state index in [4.69, 9.17) is 5.53 Å². The first kappa shape index (κ1) is 9.76. The van der Waals surface area contributed by atoms with Gasteiger partial charge in [0.05, 0.1) is 6.54 Å². The monoisotopic (exact) mass is 199 g/mol. The van der Waals surface area contributed by atoms with Crippen LogP contribution < -0.4 is 0 Å². The largest absolute Gasteiger partial charge is 0.239 e. The molecule has 0 aliphatic carbocycles. The van der Waals surface area contributed by atoms with E-state index < -0.39 is 6.01 Å². The van der Waals surface area contributed by atoms with E-state index in [1.165, 1.54) is 12.4 Å². The van der Waals surface area contributed by atoms with Gasteiger partial charge in [-0.3, -0.25) is 0 Å². The molecule has 0 fully saturated rings. The Kier molecular flexibility index (Phi) is 4.01. The van der Waals surface area contributed by atoms with Crippen LogP contribution >= 0.6 is 11.8 Å². The molecule has 0 N–H and O–H groups in total. The summed E-state index contributed by atoms with van der Waals surface area (Å²) >= 11 is 0.916. The van der Waals surface area contributed by atoms with Gasteiger partial charge in [-0.15, -0.1) is 0 Å². The summed E-state index contributed by atoms with van der Waals surface area (Å²) in [5.74, 6) is 0. The van der Waals surface area contributed by atoms with Gasteiger partial charge >= 0.3 is 0 Å². The molecule has 0 saturated carbocycles. The lowest BCUT2D eigenvalue weighted by molar-refractivity contribution is 0.604. The van der Waals surface area contributed by atoms with E-state index in [1.54, 1.807) is 0 Å². The van der Waals surface area contributed by atoms with Crippen LogP contribution in [0.2, 0.25) is 0 Å². The van der Waals surface area contributed by atoms with Crippen molar-refractivity contribution in [2.24, 2.45) is 5.11 Å². The molecular weight excluding hydrogens is 193 g/mol. The quantitative estimate of drug-likeness (QED) is 0.245. The van der Waals surface area contributed by atoms with Gasteiger partial charge in [-0.25, -0.2) is 14.4 Å². The predicted octanol–water partition coefficient (Wildman–Crippen LogP) is 2.31. The maximum Gasteiger partial charge on any atom is 0.190 e. The van der Waals surface area contributed by atoms with Crippen molar-refractivity contribution in [1.82, 2.24) is 9.97 Å². The minimum atomic E-state index is -0.546. The third kappa shape index (κ3) is 3.27. The Balaban J connectivity index is 2.63. The minimum Gasteiger partial charge on any atom is -0.239 e. The van der Waals surface area contributed by atoms with Crippen molar-refractivity contribution in [2.45, 2.75) is 11.7 Å². The molecule has 0 amide bonds. The zero-order chi connectivity index (χ0) is 9.52. The number of hydrogen-bond donors (Lipinski definition) is 0. The van der Waals surface area contributed by atoms with Crippen molar-refractivity contribution in [3.8, 4) is 0 Å². The lowest BCUT2D eigenvalue weighted by atomic mass is 10.4. The van der Waals surface area contributed by atoms with E-state index >= 15 is 0 Å². The average molecular weight is 199 g/mol. The molecule has 0 spiro atoms. The van der Waals surface area contributed by atoms with Gasteiger partial charge in [0.1, 0.15) is 6.01 Å². The molecule has 0 radical (unpaired) electrons. The Morgan fingerprint density at radius 1 is 1.54 bits per heavy atom. The normalized spacial score (nSPS) is 9.31. The van der Waals surface area contributed by atoms with E-state index in [9.17, 15) is 4.39 Å². The molecule has 0 saturated heterocycles. The van der Waals surface area contributed by atoms with Crippen molar-refractivity contribution in [3.63, 3.8) is 0 Å². The lowest BCUT2D eigenvalue weighted by Gasteiger charge is -1.96. The van der Waals surface area contributed by atoms with Crippen molar-refractivity contribution >= 4 is 11.8 Å². The standard InChI is InChI=1S/C6H6FN5S/c7-4-13-6-9-1-5(2-10-6)3-11-12-8/h1-2H,3-4H2. The maximum absolute atomic E-state index is 11.8. The molecule has 13 heavy (non-hydrogen) atoms. The molecule has 1 rings (SSSR count). The first-order valence-electron chi connectivity index (χ1n) is 3.37. The van der Waals surface area contributed by atoms with Gasteiger partial charge in [-0.2, -0.15) is 0 Å². The molecule has 0 aliphatic rings. The first-order valence-corrected chi connectivity index (χ1v) is 4.36. The summed E-state index contributed by atoms with van der Waals surface area (Å²) in [5.41, 5.74) is 8.74. The van der Waals surface area contributed by atoms with Gasteiger partial charge < -0.3 is 0 Å². The molecule has 0 bridgehead atoms. The molecule has 1 aromatic heterocycles. The Hall–Kier alpha value is -1.33. The summed E-state index contributed by atoms with van der Waals surface area (Å²) in [6, 6.07) is -0.546. The van der Waals surface area contributed by atoms with Gasteiger partial charge in [-0.05, 0) is 11.1 Å². The molecule has 0 aromatic carbocycles. The summed E-state index contributed by atoms with van der Waals surface area (Å²) in [5, 5.41) is 3.72. The zero-order valence-corrected chi connectivity index (χ0v) is 7.41. The number of thioether (sulfide) groups is 1. The van der Waals surface area contributed by atoms with Crippen LogP contribution in [0.5, 0.6) is 0 Å². The van der Waals surface area contributed by atoms with Gasteiger partial charge in [-0.1, -0.05) is 16.9 Å². The Morgan fingerprint density at radius 2 is 2.23 bits per heavy atom. The smallest absolute Gasteiger partial charge is 0.190 e. The highest BCUT2D eigenvalue weighted by atomic mass is 32.2. The second-order valence-corrected chi connectivity index (χ2v) is 2.89. The van der Waals surface area contributed by atoms with Crippen molar-refractivity contribution in [2.75, 3.05) is 6.01 Å². The number of rotatable bonds is 4. The van der Waals surface area contributed by atoms with Gasteiger partial charge in [0.2, 0.25) is 0 Å². The van der Waals surface area contributed by atoms with E-state index in [2.05, 4.69) is 20.0 Å². The lowest BCUT2D eigenvalue weighted by Crippen LogP contribution is -1.89. The van der Waals surface area contributed by atoms with E-state index in [1.807, 2.05) is 0 Å². The average Bonchev–Trinajstić information content (AvgIpc) is 2.17. The van der Waals surface area contributed by atoms with Crippen LogP contribution in [0.3, 0.4) is 0 Å². The van der Waals surface area contributed by atoms with E-state index in [0.29, 0.717) is 10.7 Å². The summed E-state index contributed by atoms with van der Waals surface area (Å²) in [6.07, 6.45) is 3.03. The van der Waals surface area contributed by atoms with Crippen LogP contribution in [0.1, 0.15) is 5.56 Å². The highest BCUT2D eigenvalue weighted by molar-refractivity contribution is 7.98. The van der Waals surface area contributed by atoms with E-state index in [-0.39, 0.29) is 6.54 Å². The van der Waals surface area contributed by atoms with Crippen LogP contribution in [-0.4, -0.2) is 16.0 Å². The molecule has 7 heteroatoms. The number of azide groups is 1. The van der Waals surface area contributed by atoms with Gasteiger partial charge in [0.25, 0.3) is 0 Å². The second-order valence-electron chi connectivity index (χ2n) is 2.02. The zero-order valence-electron chi connectivity index (χ0n) is 6.59. The molecule has 68 valence electrons. The fourth-order valence-corrected chi connectivity index (χ4v) is 1.01. The van der Waals surface area contributed by atoms with E-state index in [0.717, 1.165) is 11.8 Å². The van der Waals surface area contributed by atoms with Gasteiger partial charge in [0, 0.05) is 17.3 Å². The first-order chi connectivity index (χ1) is 6.36. The predicted molar refractivity (Wildman–Crippen MR) is 46.7 cm³/mol. The second kappa shape index (κ2) is 5.34. The number of nitrogens with zero attached hydrogens (tertiary/aromatic N) is 5. The molecule has 0 aliphatic heterocycles. The molecule has 0 atom stereocenters. The fraction of sp³-hybridized carbons (Fsp3) is 0.333. The fourth-order valence-electron chi connectivity index (χ4n) is 0.661. The number of halogens is 1. The molecular formula is C6H6FN5S. The molecule has 1 aromatic rings. The van der Waals surface area contributed by atoms with Crippen molar-refractivity contribution < 1.29 is 4.39 Å². The Labute approximate surface area is 78.0 Å². The van der Waals surface area contributed by atoms with Crippen LogP contribution in [0, 0.1) is 0 Å². The highest BCUT2D eigenvalue weighted by Gasteiger charge is 1.96. The van der Waals surface area contributed by atoms with Gasteiger partial charge in [0.15, 0.2) is 5.16 Å². The molecule has 0 unspecified atom stereocenters. The van der Waals surface area contributed by atoms with Crippen molar-refractivity contribution in [1.29, 1.82) is 0 Å². The number of hydrogen-bond acceptors (Lipinski definition) is 4. The summed E-state index contributed by atoms with van der Waals surface area (Å²) in [7, 11) is 0. The van der Waals surface area contributed by atoms with Crippen LogP contribution in [0.4, 0.5) is 4.39 Å². The SMILES string of the molecule is [N-]=[N+]=NCc1cnc(SCF)nc1. The summed E-state index contributed by atoms with van der Waals surface area (Å²) < 4.78 is 11.8. The maximum atomic E-state index is 11.8. The minimum absolute atomic E-state index is 0.219. The Morgan fingerprint density at radius 3 is 2.77 bits per heavy atom. The topological polar surface area (TPSA) is 74.5 Å². The molecule has 1 heterocycles. The van der Waals surface area contributed by atoms with Crippen LogP contribution in [0.15, 0.2) is 22.7 Å². The summed E-state index contributed by atoms with van der Waals surface area (Å²) in [6.45, 7) is 0.219. The molecule has 5 nitrogen and oxygen atoms in total. The summed E-state index contributed by atoms with van der Waals surface area (Å²) in [4.78, 5) is 10.3. The Bertz CT molecular complexity index is 307. The highest BCUT2D eigenvalue weighted by Crippen LogP contribution is 2.11. The third-order valence-corrected chi connectivity index (χ3v) is 1.76. The van der Waals surface area contributed by atoms with Crippen molar-refractivity contribution in [3.05, 3.63) is 28.4 Å². The third-order valence-electron chi connectivity index (χ3n) is 1.18. The number of alkyl halides is 1. The number of aromatic nitrogens is 2. The van der Waals surface area contributed by atoms with Crippen LogP contribution in [0.25, 0.3) is 10.4 Å². The van der Waals surface area contributed by atoms with Crippen LogP contribution in [-0.2, 0) is 6.54 Å².